The summed E-state index contributed by atoms with van der Waals surface area (Å²) in [6.45, 7) is 2.81. The van der Waals surface area contributed by atoms with Crippen LogP contribution in [0.3, 0.4) is 0 Å². The molecule has 0 aromatic heterocycles. The average molecular weight is 187 g/mol. The molecule has 2 nitrogen and oxygen atoms in total. The molecular weight excluding hydrogens is 176 g/mol. The van der Waals surface area contributed by atoms with Gasteiger partial charge in [-0.1, -0.05) is 23.7 Å². The molecule has 0 aliphatic rings. The Hall–Kier alpha value is -0.730. The second kappa shape index (κ2) is 5.01. The van der Waals surface area contributed by atoms with Crippen molar-refractivity contribution in [1.29, 1.82) is 0 Å². The topological polar surface area (TPSA) is 18.5 Å². The lowest BCUT2D eigenvalue weighted by Gasteiger charge is -2.06. The maximum Gasteiger partial charge on any atom is 0.189 e. The summed E-state index contributed by atoms with van der Waals surface area (Å²) in [6, 6.07) is 7.31. The van der Waals surface area contributed by atoms with Crippen LogP contribution < -0.4 is 4.74 Å². The molecule has 12 heavy (non-hydrogen) atoms. The molecule has 0 amide bonds. The van der Waals surface area contributed by atoms with Gasteiger partial charge in [0.1, 0.15) is 5.75 Å². The predicted molar refractivity (Wildman–Crippen MR) is 48.6 cm³/mol. The van der Waals surface area contributed by atoms with Crippen LogP contribution in [0.5, 0.6) is 5.75 Å². The largest absolute Gasteiger partial charge is 0.466 e. The van der Waals surface area contributed by atoms with Crippen molar-refractivity contribution in [2.75, 3.05) is 13.4 Å². The van der Waals surface area contributed by atoms with Crippen molar-refractivity contribution < 1.29 is 9.47 Å². The zero-order valence-electron chi connectivity index (χ0n) is 6.92. The van der Waals surface area contributed by atoms with Gasteiger partial charge < -0.3 is 9.47 Å². The zero-order chi connectivity index (χ0) is 8.81. The Kier molecular flexibility index (Phi) is 3.91. The van der Waals surface area contributed by atoms with Crippen LogP contribution in [0.4, 0.5) is 0 Å². The van der Waals surface area contributed by atoms with Crippen molar-refractivity contribution in [2.45, 2.75) is 6.92 Å². The number of hydrogen-bond acceptors (Lipinski definition) is 2. The third-order valence-electron chi connectivity index (χ3n) is 1.34. The lowest BCUT2D eigenvalue weighted by Crippen LogP contribution is -2.02. The predicted octanol–water partition coefficient (Wildman–Crippen LogP) is 2.71. The number of benzene rings is 1. The Morgan fingerprint density at radius 3 is 2.75 bits per heavy atom. The van der Waals surface area contributed by atoms with Crippen LogP contribution in [0.1, 0.15) is 6.92 Å². The van der Waals surface area contributed by atoms with Crippen molar-refractivity contribution in [3.63, 3.8) is 0 Å². The molecule has 1 aromatic carbocycles. The lowest BCUT2D eigenvalue weighted by atomic mass is 10.3. The van der Waals surface area contributed by atoms with E-state index in [2.05, 4.69) is 0 Å². The Balaban J connectivity index is 2.46. The van der Waals surface area contributed by atoms with Gasteiger partial charge in [-0.05, 0) is 19.1 Å². The molecule has 0 fully saturated rings. The minimum atomic E-state index is 0.250. The third kappa shape index (κ3) is 2.72. The molecule has 0 atom stereocenters. The molecule has 1 rings (SSSR count). The molecule has 0 N–H and O–H groups in total. The van der Waals surface area contributed by atoms with E-state index in [0.29, 0.717) is 17.4 Å². The van der Waals surface area contributed by atoms with Crippen molar-refractivity contribution in [3.05, 3.63) is 29.3 Å². The monoisotopic (exact) mass is 186 g/mol. The minimum absolute atomic E-state index is 0.250. The van der Waals surface area contributed by atoms with Crippen LogP contribution >= 0.6 is 11.6 Å². The van der Waals surface area contributed by atoms with Crippen LogP contribution in [0, 0.1) is 0 Å². The molecular formula is C9H11ClO2. The number of ether oxygens (including phenoxy) is 2. The highest BCUT2D eigenvalue weighted by atomic mass is 35.5. The van der Waals surface area contributed by atoms with Crippen LogP contribution in [0.2, 0.25) is 5.02 Å². The minimum Gasteiger partial charge on any atom is -0.466 e. The van der Waals surface area contributed by atoms with Crippen LogP contribution in [0.15, 0.2) is 24.3 Å². The smallest absolute Gasteiger partial charge is 0.189 e. The summed E-state index contributed by atoms with van der Waals surface area (Å²) < 4.78 is 10.2. The van der Waals surface area contributed by atoms with E-state index in [4.69, 9.17) is 21.1 Å². The molecule has 0 aliphatic carbocycles. The molecule has 3 heteroatoms. The second-order valence-corrected chi connectivity index (χ2v) is 2.59. The Morgan fingerprint density at radius 1 is 1.33 bits per heavy atom. The molecule has 0 aliphatic heterocycles. The molecule has 0 spiro atoms. The first kappa shape index (κ1) is 9.36. The number of hydrogen-bond donors (Lipinski definition) is 0. The molecule has 0 radical (unpaired) electrons. The highest BCUT2D eigenvalue weighted by Gasteiger charge is 1.97. The molecule has 0 unspecified atom stereocenters. The van der Waals surface area contributed by atoms with Crippen molar-refractivity contribution in [1.82, 2.24) is 0 Å². The molecule has 0 bridgehead atoms. The average Bonchev–Trinajstić information content (AvgIpc) is 2.09. The molecule has 0 heterocycles. The van der Waals surface area contributed by atoms with E-state index >= 15 is 0 Å². The second-order valence-electron chi connectivity index (χ2n) is 2.19. The summed E-state index contributed by atoms with van der Waals surface area (Å²) in [4.78, 5) is 0. The maximum absolute atomic E-state index is 5.82. The molecule has 0 saturated heterocycles. The maximum atomic E-state index is 5.82. The fourth-order valence-corrected chi connectivity index (χ4v) is 0.941. The molecule has 1 aromatic rings. The number of para-hydroxylation sites is 1. The SMILES string of the molecule is CCOCOc1ccccc1Cl. The summed E-state index contributed by atoms with van der Waals surface area (Å²) in [7, 11) is 0. The van der Waals surface area contributed by atoms with Crippen LogP contribution in [-0.2, 0) is 4.74 Å². The standard InChI is InChI=1S/C9H11ClO2/c1-2-11-7-12-9-6-4-3-5-8(9)10/h3-6H,2,7H2,1H3. The normalized spacial score (nSPS) is 9.83. The van der Waals surface area contributed by atoms with E-state index in [0.717, 1.165) is 0 Å². The van der Waals surface area contributed by atoms with Crippen LogP contribution in [-0.4, -0.2) is 13.4 Å². The van der Waals surface area contributed by atoms with E-state index in [-0.39, 0.29) is 6.79 Å². The summed E-state index contributed by atoms with van der Waals surface area (Å²) in [6.07, 6.45) is 0. The van der Waals surface area contributed by atoms with Crippen molar-refractivity contribution >= 4 is 11.6 Å². The van der Waals surface area contributed by atoms with E-state index in [1.807, 2.05) is 19.1 Å². The summed E-state index contributed by atoms with van der Waals surface area (Å²) in [5, 5.41) is 0.609. The van der Waals surface area contributed by atoms with Gasteiger partial charge in [-0.25, -0.2) is 0 Å². The fraction of sp³-hybridized carbons (Fsp3) is 0.333. The lowest BCUT2D eigenvalue weighted by molar-refractivity contribution is 0.0225. The van der Waals surface area contributed by atoms with Crippen molar-refractivity contribution in [2.24, 2.45) is 0 Å². The highest BCUT2D eigenvalue weighted by molar-refractivity contribution is 6.32. The van der Waals surface area contributed by atoms with E-state index in [1.165, 1.54) is 0 Å². The van der Waals surface area contributed by atoms with Gasteiger partial charge in [0.05, 0.1) is 5.02 Å². The Labute approximate surface area is 77.1 Å². The highest BCUT2D eigenvalue weighted by Crippen LogP contribution is 2.22. The van der Waals surface area contributed by atoms with Gasteiger partial charge in [0.25, 0.3) is 0 Å². The van der Waals surface area contributed by atoms with Crippen molar-refractivity contribution in [3.8, 4) is 5.75 Å². The van der Waals surface area contributed by atoms with E-state index in [9.17, 15) is 0 Å². The van der Waals surface area contributed by atoms with Gasteiger partial charge in [-0.3, -0.25) is 0 Å². The van der Waals surface area contributed by atoms with Gasteiger partial charge in [-0.2, -0.15) is 0 Å². The number of rotatable bonds is 4. The first-order valence-corrected chi connectivity index (χ1v) is 4.17. The Morgan fingerprint density at radius 2 is 2.08 bits per heavy atom. The van der Waals surface area contributed by atoms with E-state index < -0.39 is 0 Å². The van der Waals surface area contributed by atoms with Gasteiger partial charge in [-0.15, -0.1) is 0 Å². The third-order valence-corrected chi connectivity index (χ3v) is 1.65. The molecule has 66 valence electrons. The van der Waals surface area contributed by atoms with Gasteiger partial charge in [0.2, 0.25) is 0 Å². The first-order chi connectivity index (χ1) is 5.84. The summed E-state index contributed by atoms with van der Waals surface area (Å²) in [5.74, 6) is 0.660. The Bertz CT molecular complexity index is 238. The van der Waals surface area contributed by atoms with Gasteiger partial charge in [0, 0.05) is 6.61 Å². The summed E-state index contributed by atoms with van der Waals surface area (Å²) >= 11 is 5.82. The van der Waals surface area contributed by atoms with Gasteiger partial charge >= 0.3 is 0 Å². The summed E-state index contributed by atoms with van der Waals surface area (Å²) in [5.41, 5.74) is 0. The number of halogens is 1. The quantitative estimate of drug-likeness (QED) is 0.532. The van der Waals surface area contributed by atoms with Gasteiger partial charge in [0.15, 0.2) is 6.79 Å². The zero-order valence-corrected chi connectivity index (χ0v) is 7.67. The van der Waals surface area contributed by atoms with E-state index in [1.54, 1.807) is 12.1 Å². The first-order valence-electron chi connectivity index (χ1n) is 3.79. The molecule has 0 saturated carbocycles. The van der Waals surface area contributed by atoms with Crippen LogP contribution in [0.25, 0.3) is 0 Å². The fourth-order valence-electron chi connectivity index (χ4n) is 0.750.